The van der Waals surface area contributed by atoms with Crippen LogP contribution in [0.3, 0.4) is 0 Å². The number of nitrogens with zero attached hydrogens (tertiary/aromatic N) is 1. The van der Waals surface area contributed by atoms with Crippen molar-refractivity contribution in [2.75, 3.05) is 24.3 Å². The van der Waals surface area contributed by atoms with Gasteiger partial charge in [0.1, 0.15) is 18.5 Å². The van der Waals surface area contributed by atoms with E-state index in [1.165, 1.54) is 19.1 Å². The lowest BCUT2D eigenvalue weighted by Crippen LogP contribution is -2.26. The first-order chi connectivity index (χ1) is 10.2. The highest BCUT2D eigenvalue weighted by atomic mass is 32.2. The Morgan fingerprint density at radius 3 is 2.73 bits per heavy atom. The normalized spacial score (nSPS) is 18.4. The SMILES string of the molecule is CC(=O)c1ccc(N2C[C@@H](COS(C)(=O)=O)OC2=O)cc1F. The van der Waals surface area contributed by atoms with Crippen LogP contribution in [0.2, 0.25) is 0 Å². The van der Waals surface area contributed by atoms with Gasteiger partial charge in [-0.15, -0.1) is 0 Å². The molecule has 1 aliphatic rings. The molecule has 1 aliphatic heterocycles. The van der Waals surface area contributed by atoms with Gasteiger partial charge >= 0.3 is 6.09 Å². The molecule has 1 aromatic carbocycles. The summed E-state index contributed by atoms with van der Waals surface area (Å²) in [6, 6.07) is 3.75. The average molecular weight is 331 g/mol. The summed E-state index contributed by atoms with van der Waals surface area (Å²) in [7, 11) is -3.64. The summed E-state index contributed by atoms with van der Waals surface area (Å²) in [5.74, 6) is -1.17. The number of rotatable bonds is 5. The van der Waals surface area contributed by atoms with Crippen LogP contribution in [-0.2, 0) is 19.0 Å². The van der Waals surface area contributed by atoms with E-state index in [2.05, 4.69) is 4.18 Å². The Morgan fingerprint density at radius 1 is 1.50 bits per heavy atom. The monoisotopic (exact) mass is 331 g/mol. The number of hydrogen-bond donors (Lipinski definition) is 0. The van der Waals surface area contributed by atoms with Gasteiger partial charge in [-0.25, -0.2) is 9.18 Å². The first kappa shape index (κ1) is 16.4. The Hall–Kier alpha value is -2.00. The van der Waals surface area contributed by atoms with E-state index in [9.17, 15) is 22.4 Å². The number of carbonyl (C=O) groups excluding carboxylic acids is 2. The molecule has 0 bridgehead atoms. The molecule has 0 unspecified atom stereocenters. The van der Waals surface area contributed by atoms with Gasteiger partial charge in [0.15, 0.2) is 5.78 Å². The largest absolute Gasteiger partial charge is 0.441 e. The van der Waals surface area contributed by atoms with Gasteiger partial charge in [-0.3, -0.25) is 13.9 Å². The molecule has 1 saturated heterocycles. The third-order valence-electron chi connectivity index (χ3n) is 2.99. The first-order valence-corrected chi connectivity index (χ1v) is 8.12. The van der Waals surface area contributed by atoms with Crippen molar-refractivity contribution >= 4 is 27.7 Å². The Kier molecular flexibility index (Phi) is 4.47. The molecule has 120 valence electrons. The second-order valence-electron chi connectivity index (χ2n) is 4.83. The van der Waals surface area contributed by atoms with Gasteiger partial charge in [0, 0.05) is 0 Å². The van der Waals surface area contributed by atoms with E-state index in [1.807, 2.05) is 0 Å². The lowest BCUT2D eigenvalue weighted by molar-refractivity contribution is 0.101. The molecule has 0 aliphatic carbocycles. The number of amides is 1. The van der Waals surface area contributed by atoms with E-state index in [0.717, 1.165) is 17.2 Å². The lowest BCUT2D eigenvalue weighted by atomic mass is 10.1. The minimum absolute atomic E-state index is 0.0210. The highest BCUT2D eigenvalue weighted by Crippen LogP contribution is 2.24. The molecule has 7 nitrogen and oxygen atoms in total. The van der Waals surface area contributed by atoms with Crippen LogP contribution in [0.5, 0.6) is 0 Å². The van der Waals surface area contributed by atoms with Gasteiger partial charge in [0.2, 0.25) is 0 Å². The molecular weight excluding hydrogens is 317 g/mol. The smallest absolute Gasteiger partial charge is 0.414 e. The molecule has 0 radical (unpaired) electrons. The van der Waals surface area contributed by atoms with Crippen LogP contribution in [0.25, 0.3) is 0 Å². The van der Waals surface area contributed by atoms with Crippen molar-refractivity contribution < 1.29 is 31.3 Å². The van der Waals surface area contributed by atoms with Crippen LogP contribution in [0.15, 0.2) is 18.2 Å². The maximum Gasteiger partial charge on any atom is 0.414 e. The number of ether oxygens (including phenoxy) is 1. The molecule has 0 spiro atoms. The molecule has 0 aromatic heterocycles. The number of halogens is 1. The van der Waals surface area contributed by atoms with Crippen LogP contribution in [0.4, 0.5) is 14.9 Å². The number of Topliss-reactive ketones (excluding diaryl/α,β-unsaturated/α-hetero) is 1. The van der Waals surface area contributed by atoms with E-state index >= 15 is 0 Å². The summed E-state index contributed by atoms with van der Waals surface area (Å²) < 4.78 is 45.1. The third kappa shape index (κ3) is 3.80. The highest BCUT2D eigenvalue weighted by molar-refractivity contribution is 7.85. The standard InChI is InChI=1S/C13H14FNO6S/c1-8(16)11-4-3-9(5-12(11)14)15-6-10(21-13(15)17)7-20-22(2,18)19/h3-5,10H,6-7H2,1-2H3/t10-/m0/s1. The van der Waals surface area contributed by atoms with Crippen molar-refractivity contribution in [1.82, 2.24) is 0 Å². The zero-order chi connectivity index (χ0) is 16.5. The molecule has 2 rings (SSSR count). The minimum atomic E-state index is -3.64. The number of hydrogen-bond acceptors (Lipinski definition) is 6. The van der Waals surface area contributed by atoms with Crippen molar-refractivity contribution in [1.29, 1.82) is 0 Å². The van der Waals surface area contributed by atoms with Crippen molar-refractivity contribution in [2.24, 2.45) is 0 Å². The summed E-state index contributed by atoms with van der Waals surface area (Å²) in [5, 5.41) is 0. The number of cyclic esters (lactones) is 1. The Balaban J connectivity index is 2.12. The van der Waals surface area contributed by atoms with E-state index < -0.39 is 33.9 Å². The van der Waals surface area contributed by atoms with Crippen LogP contribution in [-0.4, -0.2) is 45.8 Å². The summed E-state index contributed by atoms with van der Waals surface area (Å²) in [6.45, 7) is 0.947. The van der Waals surface area contributed by atoms with E-state index in [1.54, 1.807) is 0 Å². The first-order valence-electron chi connectivity index (χ1n) is 6.30. The van der Waals surface area contributed by atoms with Gasteiger partial charge in [-0.05, 0) is 25.1 Å². The lowest BCUT2D eigenvalue weighted by Gasteiger charge is -2.13. The Bertz CT molecular complexity index is 717. The third-order valence-corrected chi connectivity index (χ3v) is 3.55. The zero-order valence-corrected chi connectivity index (χ0v) is 12.7. The molecule has 1 fully saturated rings. The predicted octanol–water partition coefficient (Wildman–Crippen LogP) is 1.33. The van der Waals surface area contributed by atoms with E-state index in [0.29, 0.717) is 0 Å². The minimum Gasteiger partial charge on any atom is -0.441 e. The van der Waals surface area contributed by atoms with Crippen molar-refractivity contribution in [2.45, 2.75) is 13.0 Å². The number of ketones is 1. The summed E-state index contributed by atoms with van der Waals surface area (Å²) in [4.78, 5) is 24.1. The van der Waals surface area contributed by atoms with Gasteiger partial charge in [-0.1, -0.05) is 0 Å². The van der Waals surface area contributed by atoms with Gasteiger partial charge < -0.3 is 4.74 Å². The molecular formula is C13H14FNO6S. The maximum absolute atomic E-state index is 13.8. The van der Waals surface area contributed by atoms with Crippen LogP contribution in [0.1, 0.15) is 17.3 Å². The second kappa shape index (κ2) is 6.01. The number of benzene rings is 1. The number of anilines is 1. The van der Waals surface area contributed by atoms with Gasteiger partial charge in [0.25, 0.3) is 10.1 Å². The number of carbonyl (C=O) groups is 2. The highest BCUT2D eigenvalue weighted by Gasteiger charge is 2.33. The molecule has 1 atom stereocenters. The fraction of sp³-hybridized carbons (Fsp3) is 0.385. The van der Waals surface area contributed by atoms with Crippen LogP contribution >= 0.6 is 0 Å². The van der Waals surface area contributed by atoms with E-state index in [4.69, 9.17) is 4.74 Å². The second-order valence-corrected chi connectivity index (χ2v) is 6.47. The van der Waals surface area contributed by atoms with Crippen molar-refractivity contribution in [3.05, 3.63) is 29.6 Å². The predicted molar refractivity (Wildman–Crippen MR) is 74.8 cm³/mol. The quantitative estimate of drug-likeness (QED) is 0.597. The van der Waals surface area contributed by atoms with Gasteiger partial charge in [0.05, 0.1) is 24.1 Å². The van der Waals surface area contributed by atoms with E-state index in [-0.39, 0.29) is 24.4 Å². The fourth-order valence-corrected chi connectivity index (χ4v) is 2.38. The molecule has 1 amide bonds. The molecule has 0 N–H and O–H groups in total. The average Bonchev–Trinajstić information content (AvgIpc) is 2.76. The Morgan fingerprint density at radius 2 is 2.18 bits per heavy atom. The summed E-state index contributed by atoms with van der Waals surface area (Å²) >= 11 is 0. The molecule has 1 heterocycles. The molecule has 1 aromatic rings. The summed E-state index contributed by atoms with van der Waals surface area (Å²) in [5.41, 5.74) is 0.141. The summed E-state index contributed by atoms with van der Waals surface area (Å²) in [6.07, 6.45) is -0.632. The van der Waals surface area contributed by atoms with Crippen molar-refractivity contribution in [3.8, 4) is 0 Å². The van der Waals surface area contributed by atoms with Crippen LogP contribution < -0.4 is 4.90 Å². The van der Waals surface area contributed by atoms with Crippen LogP contribution in [0, 0.1) is 5.82 Å². The van der Waals surface area contributed by atoms with Crippen molar-refractivity contribution in [3.63, 3.8) is 0 Å². The topological polar surface area (TPSA) is 90.0 Å². The maximum atomic E-state index is 13.8. The molecule has 9 heteroatoms. The molecule has 22 heavy (non-hydrogen) atoms. The fourth-order valence-electron chi connectivity index (χ4n) is 1.98. The van der Waals surface area contributed by atoms with Gasteiger partial charge in [-0.2, -0.15) is 8.42 Å². The Labute approximate surface area is 126 Å². The molecule has 0 saturated carbocycles. The zero-order valence-electron chi connectivity index (χ0n) is 11.9.